The van der Waals surface area contributed by atoms with Gasteiger partial charge in [0.2, 0.25) is 0 Å². The van der Waals surface area contributed by atoms with E-state index in [1.165, 1.54) is 0 Å². The number of hydrogen-bond donors (Lipinski definition) is 2. The van der Waals surface area contributed by atoms with E-state index in [9.17, 15) is 0 Å². The maximum Gasteiger partial charge on any atom is 0.163 e. The lowest BCUT2D eigenvalue weighted by Crippen LogP contribution is -2.08. The number of anilines is 1. The zero-order valence-corrected chi connectivity index (χ0v) is 9.59. The molecule has 0 aliphatic heterocycles. The molecule has 0 fully saturated rings. The van der Waals surface area contributed by atoms with Crippen LogP contribution in [0.2, 0.25) is 0 Å². The van der Waals surface area contributed by atoms with Crippen LogP contribution in [-0.2, 0) is 0 Å². The van der Waals surface area contributed by atoms with Crippen molar-refractivity contribution in [2.45, 2.75) is 6.92 Å². The molecule has 0 unspecified atom stereocenters. The van der Waals surface area contributed by atoms with Crippen molar-refractivity contribution in [1.29, 1.82) is 0 Å². The first-order valence-electron chi connectivity index (χ1n) is 5.40. The molecular formula is C12H14N4O. The quantitative estimate of drug-likeness (QED) is 0.827. The van der Waals surface area contributed by atoms with E-state index in [-0.39, 0.29) is 6.61 Å². The number of nitrogens with zero attached hydrogens (tertiary/aromatic N) is 3. The highest BCUT2D eigenvalue weighted by Crippen LogP contribution is 2.16. The van der Waals surface area contributed by atoms with Crippen LogP contribution in [0.1, 0.15) is 5.69 Å². The van der Waals surface area contributed by atoms with Gasteiger partial charge in [-0.2, -0.15) is 0 Å². The number of aryl methyl sites for hydroxylation is 1. The molecule has 0 aromatic carbocycles. The number of rotatable bonds is 4. The largest absolute Gasteiger partial charge is 0.395 e. The summed E-state index contributed by atoms with van der Waals surface area (Å²) < 4.78 is 0. The smallest absolute Gasteiger partial charge is 0.163 e. The first-order chi connectivity index (χ1) is 8.29. The Morgan fingerprint density at radius 2 is 2.24 bits per heavy atom. The lowest BCUT2D eigenvalue weighted by atomic mass is 10.2. The van der Waals surface area contributed by atoms with Crippen LogP contribution < -0.4 is 5.32 Å². The Kier molecular flexibility index (Phi) is 3.62. The molecule has 5 heteroatoms. The highest BCUT2D eigenvalue weighted by molar-refractivity contribution is 5.56. The summed E-state index contributed by atoms with van der Waals surface area (Å²) in [6.07, 6.45) is 3.44. The number of aromatic nitrogens is 3. The van der Waals surface area contributed by atoms with Gasteiger partial charge in [-0.05, 0) is 19.1 Å². The monoisotopic (exact) mass is 230 g/mol. The minimum atomic E-state index is 0.0747. The third kappa shape index (κ3) is 2.98. The molecule has 2 N–H and O–H groups in total. The number of pyridine rings is 1. The summed E-state index contributed by atoms with van der Waals surface area (Å²) in [5.74, 6) is 1.35. The Morgan fingerprint density at radius 1 is 1.35 bits per heavy atom. The summed E-state index contributed by atoms with van der Waals surface area (Å²) in [6.45, 7) is 2.46. The normalized spacial score (nSPS) is 10.2. The third-order valence-corrected chi connectivity index (χ3v) is 2.19. The molecule has 2 rings (SSSR count). The number of aliphatic hydroxyl groups is 1. The molecule has 0 spiro atoms. The second-order valence-electron chi connectivity index (χ2n) is 3.61. The molecule has 0 aliphatic rings. The van der Waals surface area contributed by atoms with Gasteiger partial charge in [-0.3, -0.25) is 4.98 Å². The van der Waals surface area contributed by atoms with E-state index in [2.05, 4.69) is 20.3 Å². The van der Waals surface area contributed by atoms with Gasteiger partial charge >= 0.3 is 0 Å². The minimum Gasteiger partial charge on any atom is -0.395 e. The second kappa shape index (κ2) is 5.36. The van der Waals surface area contributed by atoms with Crippen molar-refractivity contribution in [3.63, 3.8) is 0 Å². The molecule has 0 amide bonds. The molecule has 0 saturated heterocycles. The Balaban J connectivity index is 2.32. The highest BCUT2D eigenvalue weighted by Gasteiger charge is 2.04. The third-order valence-electron chi connectivity index (χ3n) is 2.19. The maximum absolute atomic E-state index is 8.77. The zero-order valence-electron chi connectivity index (χ0n) is 9.59. The molecule has 0 bridgehead atoms. The molecule has 0 atom stereocenters. The number of nitrogens with one attached hydrogen (secondary N) is 1. The van der Waals surface area contributed by atoms with Gasteiger partial charge in [-0.15, -0.1) is 0 Å². The van der Waals surface area contributed by atoms with Crippen LogP contribution in [0.25, 0.3) is 11.4 Å². The van der Waals surface area contributed by atoms with Gasteiger partial charge in [0.25, 0.3) is 0 Å². The lowest BCUT2D eigenvalue weighted by Gasteiger charge is -2.07. The van der Waals surface area contributed by atoms with E-state index in [1.54, 1.807) is 12.4 Å². The van der Waals surface area contributed by atoms with Gasteiger partial charge in [-0.25, -0.2) is 9.97 Å². The van der Waals surface area contributed by atoms with Crippen LogP contribution in [0.5, 0.6) is 0 Å². The van der Waals surface area contributed by atoms with Gasteiger partial charge in [0.15, 0.2) is 5.82 Å². The second-order valence-corrected chi connectivity index (χ2v) is 3.61. The Hall–Kier alpha value is -2.01. The minimum absolute atomic E-state index is 0.0747. The van der Waals surface area contributed by atoms with Crippen molar-refractivity contribution in [2.75, 3.05) is 18.5 Å². The Bertz CT molecular complexity index is 487. The van der Waals surface area contributed by atoms with E-state index in [1.807, 2.05) is 25.1 Å². The fourth-order valence-electron chi connectivity index (χ4n) is 1.47. The van der Waals surface area contributed by atoms with Crippen molar-refractivity contribution in [3.05, 3.63) is 36.3 Å². The van der Waals surface area contributed by atoms with Crippen molar-refractivity contribution < 1.29 is 5.11 Å². The van der Waals surface area contributed by atoms with Crippen LogP contribution >= 0.6 is 0 Å². The van der Waals surface area contributed by atoms with Crippen LogP contribution in [0, 0.1) is 6.92 Å². The molecule has 0 radical (unpaired) electrons. The SMILES string of the molecule is Cc1cc(NCCO)nc(-c2cccnc2)n1. The van der Waals surface area contributed by atoms with Gasteiger partial charge < -0.3 is 10.4 Å². The van der Waals surface area contributed by atoms with E-state index in [0.29, 0.717) is 18.2 Å². The average Bonchev–Trinajstić information content (AvgIpc) is 2.37. The molecule has 2 heterocycles. The van der Waals surface area contributed by atoms with Crippen molar-refractivity contribution in [3.8, 4) is 11.4 Å². The molecule has 5 nitrogen and oxygen atoms in total. The molecular weight excluding hydrogens is 216 g/mol. The summed E-state index contributed by atoms with van der Waals surface area (Å²) in [5, 5.41) is 11.8. The first-order valence-corrected chi connectivity index (χ1v) is 5.40. The van der Waals surface area contributed by atoms with Crippen LogP contribution in [0.3, 0.4) is 0 Å². The standard InChI is InChI=1S/C12H14N4O/c1-9-7-11(14-5-6-17)16-12(15-9)10-3-2-4-13-8-10/h2-4,7-8,17H,5-6H2,1H3,(H,14,15,16). The van der Waals surface area contributed by atoms with Crippen molar-refractivity contribution in [1.82, 2.24) is 15.0 Å². The van der Waals surface area contributed by atoms with Crippen LogP contribution in [-0.4, -0.2) is 33.2 Å². The molecule has 2 aromatic rings. The van der Waals surface area contributed by atoms with Gasteiger partial charge in [0.05, 0.1) is 6.61 Å². The van der Waals surface area contributed by atoms with Crippen molar-refractivity contribution >= 4 is 5.82 Å². The predicted octanol–water partition coefficient (Wildman–Crippen LogP) is 1.25. The topological polar surface area (TPSA) is 70.9 Å². The molecule has 17 heavy (non-hydrogen) atoms. The maximum atomic E-state index is 8.77. The number of hydrogen-bond acceptors (Lipinski definition) is 5. The number of aliphatic hydroxyl groups excluding tert-OH is 1. The summed E-state index contributed by atoms with van der Waals surface area (Å²) in [4.78, 5) is 12.8. The molecule has 0 aliphatic carbocycles. The molecule has 2 aromatic heterocycles. The van der Waals surface area contributed by atoms with Crippen LogP contribution in [0.4, 0.5) is 5.82 Å². The van der Waals surface area contributed by atoms with E-state index < -0.39 is 0 Å². The fourth-order valence-corrected chi connectivity index (χ4v) is 1.47. The zero-order chi connectivity index (χ0) is 12.1. The summed E-state index contributed by atoms with van der Waals surface area (Å²) >= 11 is 0. The van der Waals surface area contributed by atoms with E-state index in [4.69, 9.17) is 5.11 Å². The van der Waals surface area contributed by atoms with Gasteiger partial charge in [-0.1, -0.05) is 0 Å². The summed E-state index contributed by atoms with van der Waals surface area (Å²) in [5.41, 5.74) is 1.75. The fraction of sp³-hybridized carbons (Fsp3) is 0.250. The summed E-state index contributed by atoms with van der Waals surface area (Å²) in [7, 11) is 0. The average molecular weight is 230 g/mol. The predicted molar refractivity (Wildman–Crippen MR) is 65.6 cm³/mol. The lowest BCUT2D eigenvalue weighted by molar-refractivity contribution is 0.311. The van der Waals surface area contributed by atoms with E-state index in [0.717, 1.165) is 11.3 Å². The van der Waals surface area contributed by atoms with Crippen molar-refractivity contribution in [2.24, 2.45) is 0 Å². The molecule has 88 valence electrons. The Labute approximate surface area is 99.6 Å². The molecule has 0 saturated carbocycles. The van der Waals surface area contributed by atoms with Crippen LogP contribution in [0.15, 0.2) is 30.6 Å². The highest BCUT2D eigenvalue weighted by atomic mass is 16.3. The van der Waals surface area contributed by atoms with Gasteiger partial charge in [0, 0.05) is 36.3 Å². The van der Waals surface area contributed by atoms with E-state index >= 15 is 0 Å². The Morgan fingerprint density at radius 3 is 2.94 bits per heavy atom. The summed E-state index contributed by atoms with van der Waals surface area (Å²) in [6, 6.07) is 5.61. The van der Waals surface area contributed by atoms with Gasteiger partial charge in [0.1, 0.15) is 5.82 Å². The first kappa shape index (κ1) is 11.5.